The van der Waals surface area contributed by atoms with Crippen LogP contribution in [-0.2, 0) is 50.0 Å². The van der Waals surface area contributed by atoms with Gasteiger partial charge in [0.25, 0.3) is 11.8 Å². The number of ether oxygens (including phenoxy) is 3. The molecule has 4 heterocycles. The second-order valence-electron chi connectivity index (χ2n) is 26.1. The van der Waals surface area contributed by atoms with Crippen LogP contribution in [0.4, 0.5) is 9.59 Å². The van der Waals surface area contributed by atoms with Crippen molar-refractivity contribution in [1.29, 1.82) is 0 Å². The third-order valence-electron chi connectivity index (χ3n) is 13.5. The van der Waals surface area contributed by atoms with Gasteiger partial charge >= 0.3 is 53.7 Å². The number of esters is 1. The van der Waals surface area contributed by atoms with E-state index in [4.69, 9.17) is 19.2 Å². The molecule has 2 aromatic carbocycles. The van der Waals surface area contributed by atoms with Crippen molar-refractivity contribution >= 4 is 62.9 Å². The Bertz CT molecular complexity index is 5570. The van der Waals surface area contributed by atoms with Crippen LogP contribution < -0.4 is 40.2 Å². The number of nitrogens with one attached hydrogen (secondary N) is 2. The average molecular weight is 1550 g/mol. The van der Waals surface area contributed by atoms with Gasteiger partial charge in [0.15, 0.2) is 11.4 Å². The monoisotopic (exact) mass is 1550 g/mol. The van der Waals surface area contributed by atoms with Crippen molar-refractivity contribution in [3.8, 4) is 22.8 Å². The normalized spacial score (nSPS) is 10.6. The molecule has 0 fully saturated rings. The molecule has 2 atom stereocenters. The fraction of sp³-hybridized carbons (Fsp3) is 0.308. The SMILES string of the molecule is C.C=C=C=C=C=C=C=C=C=C=C=C=C=C=C=C=C=C=C=C=C=C=C=C=C=C=C=C=C=C=C=C=C=C=C=C=C=C=C.CC(C)(C)OC(=O)N1CCCn2c(-c3ccccc3)nc(C(=O)N[C@H](C(=O)O)C(C)(C)C)c2C1.COC(=O)[C@@H](NC(=O)c1nc(-c2ccccc2)n2c1CN(C(=O)OC(C)(C)C)CCC2)C(C)(C)C.S.S.[Na+].[OH-]. The zero-order valence-electron chi connectivity index (χ0n) is 64.8. The van der Waals surface area contributed by atoms with Gasteiger partial charge in [0.2, 0.25) is 0 Å². The Morgan fingerprint density at radius 2 is 0.673 bits per heavy atom. The van der Waals surface area contributed by atoms with E-state index in [1.54, 1.807) is 51.3 Å². The first kappa shape index (κ1) is 102. The van der Waals surface area contributed by atoms with Crippen LogP contribution in [0.5, 0.6) is 0 Å². The van der Waals surface area contributed by atoms with Crippen molar-refractivity contribution in [2.45, 2.75) is 153 Å². The molecule has 4 aromatic rings. The number of nitrogens with zero attached hydrogens (tertiary/aromatic N) is 6. The second kappa shape index (κ2) is 53.4. The summed E-state index contributed by atoms with van der Waals surface area (Å²) in [4.78, 5) is 89.4. The van der Waals surface area contributed by atoms with E-state index in [0.717, 1.165) is 11.1 Å². The first-order valence-electron chi connectivity index (χ1n) is 33.0. The van der Waals surface area contributed by atoms with Gasteiger partial charge in [-0.25, -0.2) is 29.1 Å². The van der Waals surface area contributed by atoms with Gasteiger partial charge in [0.1, 0.15) is 34.9 Å². The van der Waals surface area contributed by atoms with Gasteiger partial charge in [0.05, 0.1) is 31.6 Å². The van der Waals surface area contributed by atoms with Crippen LogP contribution in [0.3, 0.4) is 0 Å². The van der Waals surface area contributed by atoms with E-state index < -0.39 is 70.1 Å². The number of amides is 4. The first-order valence-corrected chi connectivity index (χ1v) is 33.0. The number of hydrogen-bond acceptors (Lipinski definition) is 12. The molecule has 4 amide bonds. The molecule has 566 valence electrons. The van der Waals surface area contributed by atoms with Crippen LogP contribution in [0.2, 0.25) is 0 Å². The number of imidazole rings is 2. The summed E-state index contributed by atoms with van der Waals surface area (Å²) in [5.41, 5.74) is 92.4. The van der Waals surface area contributed by atoms with Crippen LogP contribution in [-0.4, -0.2) is 119 Å². The number of carboxylic acids is 1. The van der Waals surface area contributed by atoms with Crippen molar-refractivity contribution in [3.63, 3.8) is 0 Å². The van der Waals surface area contributed by atoms with Crippen molar-refractivity contribution in [2.24, 2.45) is 10.8 Å². The fourth-order valence-corrected chi connectivity index (χ4v) is 8.99. The Morgan fingerprint density at radius 1 is 0.425 bits per heavy atom. The van der Waals surface area contributed by atoms with E-state index in [9.17, 15) is 33.9 Å². The Morgan fingerprint density at radius 3 is 0.894 bits per heavy atom. The zero-order valence-corrected chi connectivity index (χ0v) is 68.8. The number of aliphatic carboxylic acids is 1. The van der Waals surface area contributed by atoms with E-state index in [-0.39, 0.29) is 93.9 Å². The van der Waals surface area contributed by atoms with E-state index in [0.29, 0.717) is 62.1 Å². The fourth-order valence-electron chi connectivity index (χ4n) is 8.99. The van der Waals surface area contributed by atoms with Gasteiger partial charge < -0.3 is 54.4 Å². The maximum atomic E-state index is 13.5. The second-order valence-corrected chi connectivity index (χ2v) is 26.1. The number of carbonyl (C=O) groups excluding carboxylic acids is 5. The summed E-state index contributed by atoms with van der Waals surface area (Å²) in [6, 6.07) is 17.1. The third kappa shape index (κ3) is 38.5. The topological polar surface area (TPSA) is 247 Å². The molecule has 6 rings (SSSR count). The molecule has 0 radical (unpaired) electrons. The van der Waals surface area contributed by atoms with Gasteiger partial charge in [-0.05, 0) is 170 Å². The van der Waals surface area contributed by atoms with Gasteiger partial charge in [-0.2, -0.15) is 27.0 Å². The molecular weight excluding hydrogens is 1470 g/mol. The first-order chi connectivity index (χ1) is 51.5. The molecular formula is C91H83N8NaO11S2. The molecule has 2 aliphatic rings. The summed E-state index contributed by atoms with van der Waals surface area (Å²) in [6.07, 6.45) is 0.425. The van der Waals surface area contributed by atoms with Gasteiger partial charge in [-0.3, -0.25) is 9.59 Å². The summed E-state index contributed by atoms with van der Waals surface area (Å²) in [7, 11) is 1.29. The number of methoxy groups -OCH3 is 1. The summed E-state index contributed by atoms with van der Waals surface area (Å²) in [6.45, 7) is 30.7. The molecule has 4 N–H and O–H groups in total. The number of carbonyl (C=O) groups is 6. The number of rotatable bonds is 8. The summed E-state index contributed by atoms with van der Waals surface area (Å²) in [5, 5.41) is 15.1. The van der Waals surface area contributed by atoms with Crippen molar-refractivity contribution in [1.82, 2.24) is 39.5 Å². The number of carboxylic acid groups (broad SMARTS) is 1. The molecule has 0 unspecified atom stereocenters. The van der Waals surface area contributed by atoms with Crippen LogP contribution in [0.1, 0.15) is 136 Å². The van der Waals surface area contributed by atoms with E-state index in [1.165, 1.54) is 7.11 Å². The minimum atomic E-state index is -1.12. The molecule has 113 heavy (non-hydrogen) atoms. The molecule has 0 saturated carbocycles. The summed E-state index contributed by atoms with van der Waals surface area (Å²) in [5.74, 6) is -1.48. The average Bonchev–Trinajstić information content (AvgIpc) is 1.63. The van der Waals surface area contributed by atoms with E-state index >= 15 is 0 Å². The zero-order chi connectivity index (χ0) is 79.4. The molecule has 0 aliphatic carbocycles. The number of fused-ring (bicyclic) bond motifs is 2. The van der Waals surface area contributed by atoms with Crippen molar-refractivity contribution < 1.29 is 83.1 Å². The molecule has 0 spiro atoms. The molecule has 0 saturated heterocycles. The van der Waals surface area contributed by atoms with Crippen LogP contribution in [0.15, 0.2) is 286 Å². The Kier molecular flexibility index (Phi) is 48.0. The molecule has 22 heteroatoms. The predicted octanol–water partition coefficient (Wildman–Crippen LogP) is 12.2. The van der Waals surface area contributed by atoms with E-state index in [2.05, 4.69) is 241 Å². The summed E-state index contributed by atoms with van der Waals surface area (Å²) < 4.78 is 20.0. The Balaban J connectivity index is 0. The minimum Gasteiger partial charge on any atom is -0.870 e. The minimum absolute atomic E-state index is 0. The Labute approximate surface area is 695 Å². The number of aromatic nitrogens is 4. The third-order valence-corrected chi connectivity index (χ3v) is 13.5. The molecule has 2 aromatic heterocycles. The van der Waals surface area contributed by atoms with E-state index in [1.807, 2.05) is 111 Å². The van der Waals surface area contributed by atoms with Gasteiger partial charge in [-0.15, -0.1) is 0 Å². The molecule has 0 bridgehead atoms. The maximum absolute atomic E-state index is 13.5. The largest absolute Gasteiger partial charge is 1.00 e. The van der Waals surface area contributed by atoms with Crippen LogP contribution >= 0.6 is 27.0 Å². The van der Waals surface area contributed by atoms with Gasteiger partial charge in [-0.1, -0.05) is 121 Å². The quantitative estimate of drug-likeness (QED) is 0.0644. The van der Waals surface area contributed by atoms with Gasteiger partial charge in [0, 0.05) is 146 Å². The van der Waals surface area contributed by atoms with Crippen LogP contribution in [0, 0.1) is 10.8 Å². The number of benzene rings is 2. The number of hydrogen-bond donors (Lipinski definition) is 3. The standard InChI is InChI=1S/C39H4.C26H36N4O5.C25H34N4O5.CH4.Na.H2O.2H2S/c1-3-5-7-9-11-13-15-17-19-21-23-25-27-29-31-33-35-37-39-38-36-34-32-30-28-26-24-22-20-18-16-14-12-10-8-6-4-2;1-25(2,3)20(23(32)34-7)28-22(31)19-18-16-29(24(33)35-26(4,5)6)14-11-15-30(18)21(27-19)17-12-9-8-10-13-17;1-24(2,3)19(22(31)32)27-21(30)18-17-15-28(23(33)34-25(4,5)6)13-10-14-29(17)20(26-18)16-11-8-7-9-12-16;;;;;/h1-2H2;8-10,12-13,20H,11,14-16H2,1-7H3,(H,28,31);7-9,11-12,19H,10,13-15H2,1-6H3,(H,27,30)(H,31,32);1H4;;3*1H2/q;;;;+1;;;/p-1/t;20-;19-;;;;;/m.11...../s1. The Hall–Kier alpha value is -13.5. The molecule has 19 nitrogen and oxygen atoms in total. The maximum Gasteiger partial charge on any atom is 1.00 e. The molecule has 2 aliphatic heterocycles. The summed E-state index contributed by atoms with van der Waals surface area (Å²) >= 11 is 0. The smallest absolute Gasteiger partial charge is 0.870 e. The predicted molar refractivity (Wildman–Crippen MR) is 430 cm³/mol. The van der Waals surface area contributed by atoms with Crippen molar-refractivity contribution in [2.75, 3.05) is 20.2 Å². The van der Waals surface area contributed by atoms with Crippen molar-refractivity contribution in [3.05, 3.63) is 309 Å². The van der Waals surface area contributed by atoms with Crippen LogP contribution in [0.25, 0.3) is 22.8 Å².